The number of furan rings is 2. The van der Waals surface area contributed by atoms with E-state index in [0.717, 1.165) is 5.56 Å². The number of carbonyl (C=O) groups excluding carboxylic acids is 1. The van der Waals surface area contributed by atoms with Gasteiger partial charge in [-0.1, -0.05) is 20.8 Å². The average molecular weight is 293 g/mol. The number of methoxy groups -OCH3 is 1. The normalized spacial score (nSPS) is 11.2. The van der Waals surface area contributed by atoms with E-state index in [2.05, 4.69) is 5.32 Å². The summed E-state index contributed by atoms with van der Waals surface area (Å²) < 4.78 is 20.6. The van der Waals surface area contributed by atoms with Gasteiger partial charge < -0.3 is 23.6 Å². The molecule has 0 fully saturated rings. The Balaban J connectivity index is 1.92. The average Bonchev–Trinajstić information content (AvgIpc) is 3.03. The molecule has 1 N–H and O–H groups in total. The lowest BCUT2D eigenvalue weighted by Gasteiger charge is -2.17. The number of nitrogens with one attached hydrogen (secondary N) is 1. The molecular formula is C15H19NO5. The molecule has 2 aromatic rings. The third-order valence-electron chi connectivity index (χ3n) is 2.87. The van der Waals surface area contributed by atoms with E-state index < -0.39 is 6.09 Å². The van der Waals surface area contributed by atoms with Crippen LogP contribution < -0.4 is 14.8 Å². The zero-order valence-corrected chi connectivity index (χ0v) is 12.6. The van der Waals surface area contributed by atoms with Crippen molar-refractivity contribution in [2.24, 2.45) is 0 Å². The minimum absolute atomic E-state index is 0.170. The summed E-state index contributed by atoms with van der Waals surface area (Å²) in [7, 11) is 1.51. The highest BCUT2D eigenvalue weighted by molar-refractivity contribution is 5.70. The van der Waals surface area contributed by atoms with Crippen LogP contribution in [0.3, 0.4) is 0 Å². The van der Waals surface area contributed by atoms with Crippen LogP contribution in [-0.2, 0) is 12.0 Å². The molecule has 6 heteroatoms. The van der Waals surface area contributed by atoms with Crippen LogP contribution in [0.2, 0.25) is 0 Å². The molecule has 0 saturated heterocycles. The summed E-state index contributed by atoms with van der Waals surface area (Å²) in [5.74, 6) is 1.16. The quantitative estimate of drug-likeness (QED) is 0.934. The Bertz CT molecular complexity index is 606. The highest BCUT2D eigenvalue weighted by Crippen LogP contribution is 2.32. The lowest BCUT2D eigenvalue weighted by molar-refractivity contribution is 0.184. The molecule has 21 heavy (non-hydrogen) atoms. The maximum absolute atomic E-state index is 11.8. The van der Waals surface area contributed by atoms with Gasteiger partial charge in [-0.25, -0.2) is 4.79 Å². The van der Waals surface area contributed by atoms with E-state index in [9.17, 15) is 4.79 Å². The van der Waals surface area contributed by atoms with Gasteiger partial charge in [0, 0.05) is 11.6 Å². The fourth-order valence-electron chi connectivity index (χ4n) is 1.77. The Labute approximate surface area is 123 Å². The van der Waals surface area contributed by atoms with E-state index in [1.54, 1.807) is 18.2 Å². The first-order valence-electron chi connectivity index (χ1n) is 6.56. The van der Waals surface area contributed by atoms with Crippen molar-refractivity contribution in [2.45, 2.75) is 32.7 Å². The van der Waals surface area contributed by atoms with E-state index in [-0.39, 0.29) is 17.9 Å². The van der Waals surface area contributed by atoms with Crippen LogP contribution >= 0.6 is 0 Å². The minimum atomic E-state index is -0.606. The van der Waals surface area contributed by atoms with Crippen molar-refractivity contribution in [3.05, 3.63) is 35.8 Å². The van der Waals surface area contributed by atoms with E-state index in [1.807, 2.05) is 20.8 Å². The Hall–Kier alpha value is -2.37. The first-order valence-corrected chi connectivity index (χ1v) is 6.56. The predicted octanol–water partition coefficient (Wildman–Crippen LogP) is 3.47. The second kappa shape index (κ2) is 5.95. The van der Waals surface area contributed by atoms with Crippen molar-refractivity contribution < 1.29 is 23.1 Å². The number of rotatable bonds is 4. The molecule has 1 amide bonds. The molecular weight excluding hydrogens is 274 g/mol. The number of carbonyl (C=O) groups is 1. The summed E-state index contributed by atoms with van der Waals surface area (Å²) >= 11 is 0. The summed E-state index contributed by atoms with van der Waals surface area (Å²) in [6, 6.07) is 5.18. The SMILES string of the molecule is COc1ccc(CNC(=O)Oc2occc2C(C)(C)C)o1. The summed E-state index contributed by atoms with van der Waals surface area (Å²) in [6.07, 6.45) is 0.895. The lowest BCUT2D eigenvalue weighted by Crippen LogP contribution is -2.27. The maximum atomic E-state index is 11.8. The fraction of sp³-hybridized carbons (Fsp3) is 0.400. The van der Waals surface area contributed by atoms with Gasteiger partial charge in [0.2, 0.25) is 0 Å². The molecule has 0 radical (unpaired) electrons. The Morgan fingerprint density at radius 2 is 2.05 bits per heavy atom. The van der Waals surface area contributed by atoms with Crippen LogP contribution in [0.25, 0.3) is 0 Å². The molecule has 2 aromatic heterocycles. The molecule has 0 bridgehead atoms. The first kappa shape index (κ1) is 15.0. The van der Waals surface area contributed by atoms with Crippen LogP contribution in [0.15, 0.2) is 33.3 Å². The van der Waals surface area contributed by atoms with Crippen molar-refractivity contribution >= 4 is 6.09 Å². The summed E-state index contributed by atoms with van der Waals surface area (Å²) in [6.45, 7) is 6.24. The smallest absolute Gasteiger partial charge is 0.415 e. The van der Waals surface area contributed by atoms with Crippen LogP contribution in [0.5, 0.6) is 11.9 Å². The highest BCUT2D eigenvalue weighted by atomic mass is 16.6. The molecule has 0 spiro atoms. The molecule has 2 rings (SSSR count). The van der Waals surface area contributed by atoms with Crippen LogP contribution in [0, 0.1) is 0 Å². The van der Waals surface area contributed by atoms with E-state index in [1.165, 1.54) is 13.4 Å². The van der Waals surface area contributed by atoms with Crippen LogP contribution in [-0.4, -0.2) is 13.2 Å². The first-order chi connectivity index (χ1) is 9.90. The van der Waals surface area contributed by atoms with Gasteiger partial charge >= 0.3 is 6.09 Å². The third-order valence-corrected chi connectivity index (χ3v) is 2.87. The summed E-state index contributed by atoms with van der Waals surface area (Å²) in [5, 5.41) is 2.58. The zero-order chi connectivity index (χ0) is 15.5. The number of hydrogen-bond donors (Lipinski definition) is 1. The van der Waals surface area contributed by atoms with Crippen LogP contribution in [0.4, 0.5) is 4.79 Å². The second-order valence-electron chi connectivity index (χ2n) is 5.54. The molecule has 0 unspecified atom stereocenters. The van der Waals surface area contributed by atoms with Crippen molar-refractivity contribution in [3.63, 3.8) is 0 Å². The third kappa shape index (κ3) is 3.81. The van der Waals surface area contributed by atoms with Gasteiger partial charge in [-0.3, -0.25) is 0 Å². The molecule has 2 heterocycles. The van der Waals surface area contributed by atoms with Crippen LogP contribution in [0.1, 0.15) is 32.1 Å². The maximum Gasteiger partial charge on any atom is 0.415 e. The second-order valence-corrected chi connectivity index (χ2v) is 5.54. The predicted molar refractivity (Wildman–Crippen MR) is 75.5 cm³/mol. The van der Waals surface area contributed by atoms with Crippen molar-refractivity contribution in [1.29, 1.82) is 0 Å². The topological polar surface area (TPSA) is 73.8 Å². The molecule has 114 valence electrons. The van der Waals surface area contributed by atoms with Gasteiger partial charge in [-0.2, -0.15) is 0 Å². The summed E-state index contributed by atoms with van der Waals surface area (Å²) in [5.41, 5.74) is 0.661. The molecule has 6 nitrogen and oxygen atoms in total. The highest BCUT2D eigenvalue weighted by Gasteiger charge is 2.23. The van der Waals surface area contributed by atoms with Crippen molar-refractivity contribution in [1.82, 2.24) is 5.32 Å². The molecule has 0 aromatic carbocycles. The van der Waals surface area contributed by atoms with Gasteiger partial charge in [-0.05, 0) is 17.5 Å². The van der Waals surface area contributed by atoms with E-state index >= 15 is 0 Å². The Morgan fingerprint density at radius 1 is 1.29 bits per heavy atom. The number of hydrogen-bond acceptors (Lipinski definition) is 5. The molecule has 0 aliphatic carbocycles. The summed E-state index contributed by atoms with van der Waals surface area (Å²) in [4.78, 5) is 11.8. The largest absolute Gasteiger partial charge is 0.468 e. The lowest BCUT2D eigenvalue weighted by atomic mass is 9.89. The molecule has 0 atom stereocenters. The van der Waals surface area contributed by atoms with Crippen molar-refractivity contribution in [2.75, 3.05) is 7.11 Å². The standard InChI is InChI=1S/C15H19NO5/c1-15(2,3)11-7-8-19-13(11)21-14(17)16-9-10-5-6-12(18-4)20-10/h5-8H,9H2,1-4H3,(H,16,17). The van der Waals surface area contributed by atoms with Gasteiger partial charge in [0.05, 0.1) is 19.9 Å². The van der Waals surface area contributed by atoms with E-state index in [4.69, 9.17) is 18.3 Å². The number of ether oxygens (including phenoxy) is 2. The fourth-order valence-corrected chi connectivity index (χ4v) is 1.77. The molecule has 0 aliphatic rings. The van der Waals surface area contributed by atoms with Gasteiger partial charge in [-0.15, -0.1) is 0 Å². The Morgan fingerprint density at radius 3 is 2.67 bits per heavy atom. The molecule has 0 saturated carbocycles. The Kier molecular flexibility index (Phi) is 4.26. The minimum Gasteiger partial charge on any atom is -0.468 e. The zero-order valence-electron chi connectivity index (χ0n) is 12.6. The molecule has 0 aliphatic heterocycles. The van der Waals surface area contributed by atoms with Crippen molar-refractivity contribution in [3.8, 4) is 11.9 Å². The number of amides is 1. The van der Waals surface area contributed by atoms with Gasteiger partial charge in [0.1, 0.15) is 5.76 Å². The van der Waals surface area contributed by atoms with E-state index in [0.29, 0.717) is 11.7 Å². The van der Waals surface area contributed by atoms with Gasteiger partial charge in [0.25, 0.3) is 11.9 Å². The monoisotopic (exact) mass is 293 g/mol. The van der Waals surface area contributed by atoms with Gasteiger partial charge in [0.15, 0.2) is 0 Å².